The number of hydrogen-bond donors (Lipinski definition) is 1. The SMILES string of the molecule is CN=C(NC[I-]C)C1CCCCC1OCC1=CC(Br)CC=C1OC. The number of nitrogens with one attached hydrogen (secondary N) is 1. The van der Waals surface area contributed by atoms with Crippen LogP contribution in [0.3, 0.4) is 0 Å². The van der Waals surface area contributed by atoms with Crippen LogP contribution in [0.25, 0.3) is 0 Å². The Labute approximate surface area is 164 Å². The van der Waals surface area contributed by atoms with Crippen LogP contribution in [0.2, 0.25) is 0 Å². The Morgan fingerprint density at radius 3 is 2.92 bits per heavy atom. The van der Waals surface area contributed by atoms with E-state index in [-0.39, 0.29) is 27.3 Å². The summed E-state index contributed by atoms with van der Waals surface area (Å²) in [7, 11) is 3.63. The molecule has 0 amide bonds. The Kier molecular flexibility index (Phi) is 9.11. The Hall–Kier alpha value is -0.0800. The van der Waals surface area contributed by atoms with Crippen LogP contribution in [0, 0.1) is 5.92 Å². The fourth-order valence-corrected chi connectivity index (χ4v) is 4.65. The first-order chi connectivity index (χ1) is 11.7. The van der Waals surface area contributed by atoms with Crippen LogP contribution >= 0.6 is 15.9 Å². The summed E-state index contributed by atoms with van der Waals surface area (Å²) in [5.41, 5.74) is 1.15. The number of allylic oxidation sites excluding steroid dienone is 2. The summed E-state index contributed by atoms with van der Waals surface area (Å²) in [5, 5.41) is 3.54. The third-order valence-corrected chi connectivity index (χ3v) is 6.36. The second kappa shape index (κ2) is 10.8. The van der Waals surface area contributed by atoms with Crippen molar-refractivity contribution in [2.24, 2.45) is 10.9 Å². The molecule has 6 heteroatoms. The molecule has 0 radical (unpaired) electrons. The standard InChI is InChI=1S/C18H29BrIN2O2/c1-20-12-22-18(21-2)15-6-4-5-7-17(15)24-11-13-10-14(19)8-9-16(13)23-3/h9-10,14-15,17H,4-8,11-12H2,1-3H3,(H,21,22)/q-1. The van der Waals surface area contributed by atoms with Crippen LogP contribution in [-0.2, 0) is 9.47 Å². The minimum absolute atomic E-state index is 0.227. The number of halogens is 2. The molecule has 0 aliphatic heterocycles. The molecule has 0 aromatic carbocycles. The molecule has 0 aromatic heterocycles. The molecule has 0 heterocycles. The van der Waals surface area contributed by atoms with E-state index in [1.807, 2.05) is 7.05 Å². The average molecular weight is 512 g/mol. The third-order valence-electron chi connectivity index (χ3n) is 4.58. The first kappa shape index (κ1) is 20.2. The molecule has 2 aliphatic rings. The normalized spacial score (nSPS) is 28.3. The number of ether oxygens (including phenoxy) is 2. The van der Waals surface area contributed by atoms with Crippen molar-refractivity contribution in [3.63, 3.8) is 0 Å². The summed E-state index contributed by atoms with van der Waals surface area (Å²) in [6.45, 7) is 0.612. The van der Waals surface area contributed by atoms with Gasteiger partial charge in [-0.25, -0.2) is 0 Å². The molecule has 0 bridgehead atoms. The zero-order valence-electron chi connectivity index (χ0n) is 14.9. The Balaban J connectivity index is 1.99. The van der Waals surface area contributed by atoms with Gasteiger partial charge in [-0.15, -0.1) is 0 Å². The summed E-state index contributed by atoms with van der Waals surface area (Å²) < 4.78 is 12.9. The molecule has 1 saturated carbocycles. The van der Waals surface area contributed by atoms with Crippen LogP contribution < -0.4 is 26.5 Å². The van der Waals surface area contributed by atoms with Crippen LogP contribution in [0.4, 0.5) is 0 Å². The molecule has 3 unspecified atom stereocenters. The molecule has 0 spiro atoms. The van der Waals surface area contributed by atoms with Crippen molar-refractivity contribution >= 4 is 21.8 Å². The predicted octanol–water partition coefficient (Wildman–Crippen LogP) is 0.480. The van der Waals surface area contributed by atoms with E-state index >= 15 is 0 Å². The van der Waals surface area contributed by atoms with Crippen LogP contribution in [-0.4, -0.2) is 47.0 Å². The van der Waals surface area contributed by atoms with Gasteiger partial charge in [0.15, 0.2) is 0 Å². The van der Waals surface area contributed by atoms with Gasteiger partial charge in [0.2, 0.25) is 0 Å². The van der Waals surface area contributed by atoms with Gasteiger partial charge in [0.1, 0.15) is 0 Å². The van der Waals surface area contributed by atoms with E-state index in [9.17, 15) is 0 Å². The first-order valence-electron chi connectivity index (χ1n) is 8.54. The van der Waals surface area contributed by atoms with Crippen molar-refractivity contribution < 1.29 is 30.7 Å². The maximum atomic E-state index is 6.36. The first-order valence-corrected chi connectivity index (χ1v) is 13.1. The number of alkyl halides is 3. The Morgan fingerprint density at radius 1 is 1.42 bits per heavy atom. The fourth-order valence-electron chi connectivity index (χ4n) is 3.37. The maximum absolute atomic E-state index is 6.36. The zero-order valence-corrected chi connectivity index (χ0v) is 18.6. The molecule has 1 N–H and O–H groups in total. The number of amidine groups is 1. The van der Waals surface area contributed by atoms with Crippen molar-refractivity contribution in [3.05, 3.63) is 23.5 Å². The van der Waals surface area contributed by atoms with Crippen LogP contribution in [0.5, 0.6) is 0 Å². The van der Waals surface area contributed by atoms with Gasteiger partial charge < -0.3 is 0 Å². The predicted molar refractivity (Wildman–Crippen MR) is 99.5 cm³/mol. The van der Waals surface area contributed by atoms with E-state index in [1.54, 1.807) is 7.11 Å². The molecule has 2 rings (SSSR count). The Morgan fingerprint density at radius 2 is 2.21 bits per heavy atom. The molecule has 0 aromatic rings. The summed E-state index contributed by atoms with van der Waals surface area (Å²) in [6, 6.07) is 0. The van der Waals surface area contributed by atoms with Gasteiger partial charge in [-0.1, -0.05) is 0 Å². The quantitative estimate of drug-likeness (QED) is 0.178. The molecule has 3 atom stereocenters. The topological polar surface area (TPSA) is 42.9 Å². The summed E-state index contributed by atoms with van der Waals surface area (Å²) in [6.07, 6.45) is 10.4. The molecule has 0 saturated heterocycles. The monoisotopic (exact) mass is 511 g/mol. The average Bonchev–Trinajstić information content (AvgIpc) is 2.61. The fraction of sp³-hybridized carbons (Fsp3) is 0.722. The zero-order chi connectivity index (χ0) is 17.4. The number of methoxy groups -OCH3 is 1. The van der Waals surface area contributed by atoms with E-state index < -0.39 is 0 Å². The molecule has 1 fully saturated rings. The third kappa shape index (κ3) is 5.73. The van der Waals surface area contributed by atoms with Gasteiger partial charge in [0.25, 0.3) is 0 Å². The van der Waals surface area contributed by atoms with Crippen molar-refractivity contribution in [2.45, 2.75) is 43.0 Å². The van der Waals surface area contributed by atoms with Gasteiger partial charge in [0, 0.05) is 0 Å². The summed E-state index contributed by atoms with van der Waals surface area (Å²) >= 11 is 3.89. The number of aliphatic imine (C=N–C) groups is 1. The van der Waals surface area contributed by atoms with Gasteiger partial charge in [-0.2, -0.15) is 0 Å². The number of rotatable bonds is 7. The second-order valence-electron chi connectivity index (χ2n) is 6.14. The number of hydrogen-bond acceptors (Lipinski definition) is 3. The van der Waals surface area contributed by atoms with Gasteiger partial charge >= 0.3 is 165 Å². The van der Waals surface area contributed by atoms with Crippen molar-refractivity contribution in [2.75, 3.05) is 30.2 Å². The minimum atomic E-state index is 0.227. The summed E-state index contributed by atoms with van der Waals surface area (Å²) in [5.74, 6) is 2.49. The van der Waals surface area contributed by atoms with E-state index in [0.29, 0.717) is 17.4 Å². The van der Waals surface area contributed by atoms with E-state index in [2.05, 4.69) is 43.3 Å². The van der Waals surface area contributed by atoms with Gasteiger partial charge in [-0.05, 0) is 0 Å². The molecule has 4 nitrogen and oxygen atoms in total. The van der Waals surface area contributed by atoms with Gasteiger partial charge in [-0.3, -0.25) is 0 Å². The number of nitrogens with zero attached hydrogens (tertiary/aromatic N) is 1. The van der Waals surface area contributed by atoms with E-state index in [0.717, 1.165) is 34.6 Å². The van der Waals surface area contributed by atoms with Crippen LogP contribution in [0.15, 0.2) is 28.5 Å². The second-order valence-corrected chi connectivity index (χ2v) is 9.61. The van der Waals surface area contributed by atoms with Crippen molar-refractivity contribution in [3.8, 4) is 0 Å². The molecular formula is C18H29BrIN2O2-. The van der Waals surface area contributed by atoms with E-state index in [1.165, 1.54) is 19.3 Å². The molecule has 138 valence electrons. The van der Waals surface area contributed by atoms with Crippen molar-refractivity contribution in [1.29, 1.82) is 0 Å². The van der Waals surface area contributed by atoms with Crippen LogP contribution in [0.1, 0.15) is 32.1 Å². The molecule has 24 heavy (non-hydrogen) atoms. The summed E-state index contributed by atoms with van der Waals surface area (Å²) in [4.78, 5) is 7.19. The molecular weight excluding hydrogens is 483 g/mol. The van der Waals surface area contributed by atoms with Gasteiger partial charge in [0.05, 0.1) is 0 Å². The molecule has 2 aliphatic carbocycles. The Bertz CT molecular complexity index is 493. The van der Waals surface area contributed by atoms with E-state index in [4.69, 9.17) is 9.47 Å². The van der Waals surface area contributed by atoms with Crippen molar-refractivity contribution in [1.82, 2.24) is 5.32 Å².